The lowest BCUT2D eigenvalue weighted by molar-refractivity contribution is -0.133. The molecule has 0 aromatic heterocycles. The molecule has 0 bridgehead atoms. The van der Waals surface area contributed by atoms with Crippen LogP contribution in [0.5, 0.6) is 5.75 Å². The number of ether oxygens (including phenoxy) is 1. The highest BCUT2D eigenvalue weighted by Gasteiger charge is 2.27. The molecule has 104 valence electrons. The topological polar surface area (TPSA) is 46.5 Å². The quantitative estimate of drug-likeness (QED) is 0.896. The predicted molar refractivity (Wildman–Crippen MR) is 78.1 cm³/mol. The van der Waals surface area contributed by atoms with E-state index < -0.39 is 5.97 Å². The molecule has 19 heavy (non-hydrogen) atoms. The second kappa shape index (κ2) is 6.85. The molecular formula is C15H20O3S. The average Bonchev–Trinajstić information content (AvgIpc) is 2.45. The van der Waals surface area contributed by atoms with Gasteiger partial charge in [-0.15, -0.1) is 11.8 Å². The van der Waals surface area contributed by atoms with Gasteiger partial charge in [-0.2, -0.15) is 0 Å². The Kier molecular flexibility index (Phi) is 5.14. The summed E-state index contributed by atoms with van der Waals surface area (Å²) in [6.07, 6.45) is 4.69. The van der Waals surface area contributed by atoms with E-state index in [1.54, 1.807) is 18.9 Å². The minimum absolute atomic E-state index is 0.200. The Labute approximate surface area is 118 Å². The van der Waals surface area contributed by atoms with Gasteiger partial charge in [-0.3, -0.25) is 4.79 Å². The number of methoxy groups -OCH3 is 1. The monoisotopic (exact) mass is 280 g/mol. The van der Waals surface area contributed by atoms with Crippen LogP contribution >= 0.6 is 11.8 Å². The second-order valence-electron chi connectivity index (χ2n) is 4.91. The number of hydrogen-bond donors (Lipinski definition) is 1. The third kappa shape index (κ3) is 3.90. The van der Waals surface area contributed by atoms with E-state index in [1.165, 1.54) is 18.4 Å². The van der Waals surface area contributed by atoms with Gasteiger partial charge in [0.15, 0.2) is 0 Å². The van der Waals surface area contributed by atoms with Crippen LogP contribution in [0.1, 0.15) is 37.2 Å². The van der Waals surface area contributed by atoms with Gasteiger partial charge in [-0.1, -0.05) is 25.0 Å². The number of carboxylic acid groups (broad SMARTS) is 1. The highest BCUT2D eigenvalue weighted by molar-refractivity contribution is 8.00. The largest absolute Gasteiger partial charge is 0.497 e. The molecule has 4 heteroatoms. The Morgan fingerprint density at radius 3 is 2.95 bits per heavy atom. The van der Waals surface area contributed by atoms with Gasteiger partial charge >= 0.3 is 5.97 Å². The second-order valence-corrected chi connectivity index (χ2v) is 6.14. The highest BCUT2D eigenvalue weighted by Crippen LogP contribution is 2.40. The van der Waals surface area contributed by atoms with Crippen LogP contribution in [0.2, 0.25) is 0 Å². The smallest absolute Gasteiger partial charge is 0.313 e. The highest BCUT2D eigenvalue weighted by atomic mass is 32.2. The van der Waals surface area contributed by atoms with Crippen molar-refractivity contribution in [3.63, 3.8) is 0 Å². The minimum Gasteiger partial charge on any atom is -0.497 e. The molecular weight excluding hydrogens is 260 g/mol. The number of aliphatic carboxylic acids is 1. The third-order valence-corrected chi connectivity index (χ3v) is 5.05. The number of carboxylic acids is 1. The van der Waals surface area contributed by atoms with Gasteiger partial charge in [0.1, 0.15) is 5.75 Å². The van der Waals surface area contributed by atoms with E-state index in [0.29, 0.717) is 11.2 Å². The zero-order chi connectivity index (χ0) is 13.7. The molecule has 0 saturated heterocycles. The maximum absolute atomic E-state index is 10.7. The fraction of sp³-hybridized carbons (Fsp3) is 0.533. The van der Waals surface area contributed by atoms with Gasteiger partial charge < -0.3 is 9.84 Å². The summed E-state index contributed by atoms with van der Waals surface area (Å²) in [5.41, 5.74) is 1.28. The molecule has 0 aliphatic heterocycles. The summed E-state index contributed by atoms with van der Waals surface area (Å²) in [6.45, 7) is 0. The first-order valence-electron chi connectivity index (χ1n) is 6.68. The van der Waals surface area contributed by atoms with E-state index in [0.717, 1.165) is 18.6 Å². The molecule has 1 saturated carbocycles. The summed E-state index contributed by atoms with van der Waals surface area (Å²) < 4.78 is 5.28. The lowest BCUT2D eigenvalue weighted by Gasteiger charge is -2.31. The van der Waals surface area contributed by atoms with Gasteiger partial charge in [0.2, 0.25) is 0 Å². The molecule has 1 aromatic carbocycles. The average molecular weight is 280 g/mol. The van der Waals surface area contributed by atoms with Crippen LogP contribution in [-0.2, 0) is 4.79 Å². The van der Waals surface area contributed by atoms with E-state index in [1.807, 2.05) is 12.1 Å². The molecule has 1 aromatic rings. The summed E-state index contributed by atoms with van der Waals surface area (Å²) >= 11 is 1.58. The number of benzene rings is 1. The first-order valence-corrected chi connectivity index (χ1v) is 7.73. The van der Waals surface area contributed by atoms with Crippen molar-refractivity contribution in [3.8, 4) is 5.75 Å². The van der Waals surface area contributed by atoms with Crippen LogP contribution in [0.4, 0.5) is 0 Å². The Morgan fingerprint density at radius 1 is 1.42 bits per heavy atom. The van der Waals surface area contributed by atoms with E-state index >= 15 is 0 Å². The summed E-state index contributed by atoms with van der Waals surface area (Å²) in [5, 5.41) is 9.26. The van der Waals surface area contributed by atoms with Crippen LogP contribution in [0, 0.1) is 0 Å². The lowest BCUT2D eigenvalue weighted by atomic mass is 9.83. The van der Waals surface area contributed by atoms with E-state index in [-0.39, 0.29) is 5.75 Å². The number of hydrogen-bond acceptors (Lipinski definition) is 3. The summed E-state index contributed by atoms with van der Waals surface area (Å²) in [6, 6.07) is 8.19. The summed E-state index contributed by atoms with van der Waals surface area (Å²) in [5.74, 6) is 0.809. The van der Waals surface area contributed by atoms with E-state index in [2.05, 4.69) is 12.1 Å². The molecule has 0 unspecified atom stereocenters. The Bertz CT molecular complexity index is 433. The normalized spacial score (nSPS) is 23.0. The zero-order valence-electron chi connectivity index (χ0n) is 11.2. The van der Waals surface area contributed by atoms with E-state index in [4.69, 9.17) is 9.84 Å². The molecule has 1 aliphatic rings. The minimum atomic E-state index is -0.722. The fourth-order valence-corrected chi connectivity index (χ4v) is 3.94. The molecule has 2 atom stereocenters. The standard InChI is InChI=1S/C15H20O3S/c1-18-12-6-4-5-11(9-12)13-7-2-3-8-14(13)19-10-15(16)17/h4-6,9,13-14H,2-3,7-8,10H2,1H3,(H,16,17)/t13-,14-/m0/s1. The van der Waals surface area contributed by atoms with E-state index in [9.17, 15) is 4.79 Å². The number of thioether (sulfide) groups is 1. The van der Waals surface area contributed by atoms with Crippen LogP contribution in [0.3, 0.4) is 0 Å². The summed E-state index contributed by atoms with van der Waals surface area (Å²) in [7, 11) is 1.68. The molecule has 1 N–H and O–H groups in total. The van der Waals surface area contributed by atoms with Gasteiger partial charge in [-0.25, -0.2) is 0 Å². The van der Waals surface area contributed by atoms with Crippen LogP contribution < -0.4 is 4.74 Å². The molecule has 2 rings (SSSR count). The first kappa shape index (κ1) is 14.3. The maximum Gasteiger partial charge on any atom is 0.313 e. The van der Waals surface area contributed by atoms with Crippen molar-refractivity contribution in [2.24, 2.45) is 0 Å². The Balaban J connectivity index is 2.11. The number of rotatable bonds is 5. The molecule has 0 radical (unpaired) electrons. The van der Waals surface area contributed by atoms with Crippen molar-refractivity contribution in [3.05, 3.63) is 29.8 Å². The Hall–Kier alpha value is -1.16. The van der Waals surface area contributed by atoms with Crippen LogP contribution in [-0.4, -0.2) is 29.2 Å². The van der Waals surface area contributed by atoms with Crippen LogP contribution in [0.25, 0.3) is 0 Å². The molecule has 1 fully saturated rings. The Morgan fingerprint density at radius 2 is 2.21 bits per heavy atom. The third-order valence-electron chi connectivity index (χ3n) is 3.65. The van der Waals surface area contributed by atoms with Crippen molar-refractivity contribution < 1.29 is 14.6 Å². The van der Waals surface area contributed by atoms with Gasteiger partial charge in [0.05, 0.1) is 12.9 Å². The summed E-state index contributed by atoms with van der Waals surface area (Å²) in [4.78, 5) is 10.7. The zero-order valence-corrected chi connectivity index (χ0v) is 12.0. The van der Waals surface area contributed by atoms with Crippen molar-refractivity contribution in [2.75, 3.05) is 12.9 Å². The van der Waals surface area contributed by atoms with Crippen molar-refractivity contribution in [1.82, 2.24) is 0 Å². The lowest BCUT2D eigenvalue weighted by Crippen LogP contribution is -2.21. The van der Waals surface area contributed by atoms with Crippen molar-refractivity contribution in [1.29, 1.82) is 0 Å². The molecule has 0 spiro atoms. The van der Waals surface area contributed by atoms with Crippen LogP contribution in [0.15, 0.2) is 24.3 Å². The number of carbonyl (C=O) groups is 1. The van der Waals surface area contributed by atoms with Gasteiger partial charge in [-0.05, 0) is 36.5 Å². The molecule has 1 aliphatic carbocycles. The first-order chi connectivity index (χ1) is 9.20. The fourth-order valence-electron chi connectivity index (χ4n) is 2.73. The predicted octanol–water partition coefficient (Wildman–Crippen LogP) is 3.54. The SMILES string of the molecule is COc1cccc([C@@H]2CCCC[C@@H]2SCC(=O)O)c1. The molecule has 0 amide bonds. The van der Waals surface area contributed by atoms with Crippen molar-refractivity contribution in [2.45, 2.75) is 36.9 Å². The molecule has 3 nitrogen and oxygen atoms in total. The van der Waals surface area contributed by atoms with Gasteiger partial charge in [0.25, 0.3) is 0 Å². The van der Waals surface area contributed by atoms with Crippen molar-refractivity contribution >= 4 is 17.7 Å². The maximum atomic E-state index is 10.7. The molecule has 0 heterocycles. The van der Waals surface area contributed by atoms with Gasteiger partial charge in [0, 0.05) is 5.25 Å².